The van der Waals surface area contributed by atoms with Crippen LogP contribution < -0.4 is 5.32 Å². The van der Waals surface area contributed by atoms with Crippen molar-refractivity contribution in [2.45, 2.75) is 32.6 Å². The molecule has 1 heterocycles. The van der Waals surface area contributed by atoms with E-state index in [0.717, 1.165) is 6.54 Å². The highest BCUT2D eigenvalue weighted by Crippen LogP contribution is 2.49. The molecular weight excluding hydrogens is 218 g/mol. The maximum Gasteiger partial charge on any atom is 0.354 e. The van der Waals surface area contributed by atoms with Crippen LogP contribution in [0.3, 0.4) is 0 Å². The first kappa shape index (κ1) is 11.8. The second kappa shape index (κ2) is 4.69. The van der Waals surface area contributed by atoms with Gasteiger partial charge in [-0.05, 0) is 30.7 Å². The molecular formula is C12H17N3O2. The van der Waals surface area contributed by atoms with Crippen molar-refractivity contribution in [1.82, 2.24) is 9.97 Å². The SMILES string of the molecule is CCCC1(CNc2nccc(C(=O)O)n2)CC1. The molecule has 1 aliphatic carbocycles. The van der Waals surface area contributed by atoms with Crippen molar-refractivity contribution in [3.8, 4) is 0 Å². The van der Waals surface area contributed by atoms with Gasteiger partial charge in [0.25, 0.3) is 0 Å². The molecule has 0 radical (unpaired) electrons. The van der Waals surface area contributed by atoms with Crippen molar-refractivity contribution >= 4 is 11.9 Å². The number of aromatic nitrogens is 2. The van der Waals surface area contributed by atoms with Crippen molar-refractivity contribution in [1.29, 1.82) is 0 Å². The number of hydrogen-bond donors (Lipinski definition) is 2. The molecule has 1 aliphatic rings. The predicted octanol–water partition coefficient (Wildman–Crippen LogP) is 2.17. The Hall–Kier alpha value is -1.65. The fourth-order valence-corrected chi connectivity index (χ4v) is 2.05. The summed E-state index contributed by atoms with van der Waals surface area (Å²) in [5, 5.41) is 12.0. The topological polar surface area (TPSA) is 75.1 Å². The minimum Gasteiger partial charge on any atom is -0.477 e. The van der Waals surface area contributed by atoms with Crippen LogP contribution in [0, 0.1) is 5.41 Å². The lowest BCUT2D eigenvalue weighted by atomic mass is 10.0. The van der Waals surface area contributed by atoms with Crippen LogP contribution in [0.4, 0.5) is 5.95 Å². The minimum atomic E-state index is -1.02. The number of nitrogens with zero attached hydrogens (tertiary/aromatic N) is 2. The summed E-state index contributed by atoms with van der Waals surface area (Å²) in [7, 11) is 0. The number of anilines is 1. The van der Waals surface area contributed by atoms with Gasteiger partial charge in [-0.1, -0.05) is 13.3 Å². The van der Waals surface area contributed by atoms with Crippen molar-refractivity contribution in [2.24, 2.45) is 5.41 Å². The Bertz CT molecular complexity index is 416. The summed E-state index contributed by atoms with van der Waals surface area (Å²) in [6.45, 7) is 3.02. The normalized spacial score (nSPS) is 16.5. The van der Waals surface area contributed by atoms with Crippen LogP contribution in [0.15, 0.2) is 12.3 Å². The average molecular weight is 235 g/mol. The number of carboxylic acid groups (broad SMARTS) is 1. The Labute approximate surface area is 100 Å². The Morgan fingerprint density at radius 2 is 2.35 bits per heavy atom. The van der Waals surface area contributed by atoms with Crippen LogP contribution in [-0.2, 0) is 0 Å². The molecule has 0 bridgehead atoms. The molecule has 0 aliphatic heterocycles. The second-order valence-electron chi connectivity index (χ2n) is 4.67. The first-order valence-electron chi connectivity index (χ1n) is 5.95. The lowest BCUT2D eigenvalue weighted by Crippen LogP contribution is -2.17. The molecule has 1 fully saturated rings. The zero-order chi connectivity index (χ0) is 12.3. The van der Waals surface area contributed by atoms with Gasteiger partial charge >= 0.3 is 5.97 Å². The molecule has 1 aromatic rings. The van der Waals surface area contributed by atoms with E-state index in [1.165, 1.54) is 37.9 Å². The number of hydrogen-bond acceptors (Lipinski definition) is 4. The third kappa shape index (κ3) is 2.93. The van der Waals surface area contributed by atoms with Gasteiger partial charge in [-0.2, -0.15) is 0 Å². The standard InChI is InChI=1S/C12H17N3O2/c1-2-4-12(5-6-12)8-14-11-13-7-3-9(15-11)10(16)17/h3,7H,2,4-6,8H2,1H3,(H,16,17)(H,13,14,15). The molecule has 0 unspecified atom stereocenters. The van der Waals surface area contributed by atoms with Gasteiger partial charge in [0, 0.05) is 12.7 Å². The maximum atomic E-state index is 10.8. The molecule has 92 valence electrons. The van der Waals surface area contributed by atoms with E-state index in [0.29, 0.717) is 11.4 Å². The van der Waals surface area contributed by atoms with Crippen LogP contribution in [0.5, 0.6) is 0 Å². The molecule has 0 atom stereocenters. The quantitative estimate of drug-likeness (QED) is 0.790. The number of aromatic carboxylic acids is 1. The fourth-order valence-electron chi connectivity index (χ4n) is 2.05. The van der Waals surface area contributed by atoms with Gasteiger partial charge in [-0.15, -0.1) is 0 Å². The van der Waals surface area contributed by atoms with Crippen molar-refractivity contribution in [2.75, 3.05) is 11.9 Å². The van der Waals surface area contributed by atoms with Gasteiger partial charge in [0.05, 0.1) is 0 Å². The predicted molar refractivity (Wildman–Crippen MR) is 64.1 cm³/mol. The van der Waals surface area contributed by atoms with E-state index < -0.39 is 5.97 Å². The summed E-state index contributed by atoms with van der Waals surface area (Å²) in [6.07, 6.45) is 6.34. The largest absolute Gasteiger partial charge is 0.477 e. The Kier molecular flexibility index (Phi) is 3.26. The van der Waals surface area contributed by atoms with E-state index in [1.807, 2.05) is 0 Å². The molecule has 0 saturated heterocycles. The van der Waals surface area contributed by atoms with Crippen LogP contribution in [0.1, 0.15) is 43.1 Å². The third-order valence-electron chi connectivity index (χ3n) is 3.23. The molecule has 0 spiro atoms. The summed E-state index contributed by atoms with van der Waals surface area (Å²) in [5.41, 5.74) is 0.431. The van der Waals surface area contributed by atoms with E-state index in [-0.39, 0.29) is 5.69 Å². The summed E-state index contributed by atoms with van der Waals surface area (Å²) >= 11 is 0. The number of nitrogens with one attached hydrogen (secondary N) is 1. The van der Waals surface area contributed by atoms with E-state index in [4.69, 9.17) is 5.11 Å². The average Bonchev–Trinajstić information content (AvgIpc) is 3.08. The highest BCUT2D eigenvalue weighted by atomic mass is 16.4. The van der Waals surface area contributed by atoms with E-state index >= 15 is 0 Å². The van der Waals surface area contributed by atoms with Gasteiger partial charge in [-0.25, -0.2) is 14.8 Å². The molecule has 1 saturated carbocycles. The molecule has 5 heteroatoms. The van der Waals surface area contributed by atoms with Gasteiger partial charge in [0.15, 0.2) is 5.69 Å². The fraction of sp³-hybridized carbons (Fsp3) is 0.583. The number of carbonyl (C=O) groups is 1. The Balaban J connectivity index is 1.95. The van der Waals surface area contributed by atoms with Crippen molar-refractivity contribution in [3.05, 3.63) is 18.0 Å². The van der Waals surface area contributed by atoms with E-state index in [2.05, 4.69) is 22.2 Å². The van der Waals surface area contributed by atoms with E-state index in [9.17, 15) is 4.79 Å². The zero-order valence-corrected chi connectivity index (χ0v) is 9.94. The molecule has 17 heavy (non-hydrogen) atoms. The monoisotopic (exact) mass is 235 g/mol. The number of carboxylic acids is 1. The molecule has 5 nitrogen and oxygen atoms in total. The smallest absolute Gasteiger partial charge is 0.354 e. The first-order valence-corrected chi connectivity index (χ1v) is 5.95. The van der Waals surface area contributed by atoms with Gasteiger partial charge in [0.2, 0.25) is 5.95 Å². The van der Waals surface area contributed by atoms with Crippen LogP contribution in [0.2, 0.25) is 0 Å². The summed E-state index contributed by atoms with van der Waals surface area (Å²) in [6, 6.07) is 1.40. The van der Waals surface area contributed by atoms with Gasteiger partial charge < -0.3 is 10.4 Å². The second-order valence-corrected chi connectivity index (χ2v) is 4.67. The zero-order valence-electron chi connectivity index (χ0n) is 9.94. The van der Waals surface area contributed by atoms with Crippen LogP contribution in [0.25, 0.3) is 0 Å². The summed E-state index contributed by atoms with van der Waals surface area (Å²) < 4.78 is 0. The van der Waals surface area contributed by atoms with Crippen molar-refractivity contribution in [3.63, 3.8) is 0 Å². The Morgan fingerprint density at radius 1 is 1.59 bits per heavy atom. The third-order valence-corrected chi connectivity index (χ3v) is 3.23. The molecule has 2 rings (SSSR count). The maximum absolute atomic E-state index is 10.8. The summed E-state index contributed by atoms with van der Waals surface area (Å²) in [4.78, 5) is 18.7. The molecule has 2 N–H and O–H groups in total. The lowest BCUT2D eigenvalue weighted by molar-refractivity contribution is 0.0690. The lowest BCUT2D eigenvalue weighted by Gasteiger charge is -2.14. The molecule has 1 aromatic heterocycles. The number of rotatable bonds is 6. The van der Waals surface area contributed by atoms with Crippen molar-refractivity contribution < 1.29 is 9.90 Å². The van der Waals surface area contributed by atoms with Crippen LogP contribution >= 0.6 is 0 Å². The Morgan fingerprint density at radius 3 is 2.94 bits per heavy atom. The molecule has 0 amide bonds. The highest BCUT2D eigenvalue weighted by Gasteiger charge is 2.41. The van der Waals surface area contributed by atoms with Gasteiger partial charge in [-0.3, -0.25) is 0 Å². The van der Waals surface area contributed by atoms with Crippen LogP contribution in [-0.4, -0.2) is 27.6 Å². The van der Waals surface area contributed by atoms with Gasteiger partial charge in [0.1, 0.15) is 0 Å². The first-order chi connectivity index (χ1) is 8.15. The minimum absolute atomic E-state index is 0.0304. The summed E-state index contributed by atoms with van der Waals surface area (Å²) in [5.74, 6) is -0.613. The highest BCUT2D eigenvalue weighted by molar-refractivity contribution is 5.85. The van der Waals surface area contributed by atoms with E-state index in [1.54, 1.807) is 0 Å². The molecule has 0 aromatic carbocycles.